The third kappa shape index (κ3) is 5.69. The monoisotopic (exact) mass is 336 g/mol. The second-order valence-electron chi connectivity index (χ2n) is 7.57. The molecular weight excluding hydrogens is 304 g/mol. The molecule has 0 aromatic heterocycles. The molecule has 0 bridgehead atoms. The van der Waals surface area contributed by atoms with Crippen molar-refractivity contribution in [2.24, 2.45) is 5.92 Å². The van der Waals surface area contributed by atoms with Gasteiger partial charge in [0.25, 0.3) is 0 Å². The first kappa shape index (κ1) is 18.2. The molecule has 0 amide bonds. The zero-order valence-electron chi connectivity index (χ0n) is 15.7. The smallest absolute Gasteiger partial charge is 0.0193 e. The van der Waals surface area contributed by atoms with E-state index in [1.807, 2.05) is 0 Å². The Labute approximate surface area is 153 Å². The minimum Gasteiger partial charge on any atom is -0.297 e. The lowest BCUT2D eigenvalue weighted by molar-refractivity contribution is 0.150. The number of benzene rings is 1. The van der Waals surface area contributed by atoms with Crippen LogP contribution in [0.3, 0.4) is 0 Å². The zero-order chi connectivity index (χ0) is 17.5. The summed E-state index contributed by atoms with van der Waals surface area (Å²) in [5, 5.41) is 0. The van der Waals surface area contributed by atoms with Gasteiger partial charge in [0, 0.05) is 39.3 Å². The average molecular weight is 337 g/mol. The molecule has 1 aromatic carbocycles. The fourth-order valence-corrected chi connectivity index (χ4v) is 3.80. The molecule has 0 saturated carbocycles. The van der Waals surface area contributed by atoms with Crippen molar-refractivity contribution in [3.63, 3.8) is 0 Å². The fraction of sp³-hybridized carbons (Fsp3) is 0.478. The van der Waals surface area contributed by atoms with E-state index in [1.165, 1.54) is 63.1 Å². The molecule has 134 valence electrons. The summed E-state index contributed by atoms with van der Waals surface area (Å²) in [4.78, 5) is 5.19. The molecule has 1 atom stereocenters. The molecule has 1 saturated heterocycles. The Hall–Kier alpha value is -1.64. The maximum Gasteiger partial charge on any atom is 0.0193 e. The lowest BCUT2D eigenvalue weighted by Crippen LogP contribution is -2.46. The van der Waals surface area contributed by atoms with Gasteiger partial charge in [-0.1, -0.05) is 66.3 Å². The summed E-state index contributed by atoms with van der Waals surface area (Å²) in [5.41, 5.74) is 4.29. The van der Waals surface area contributed by atoms with E-state index in [0.29, 0.717) is 0 Å². The summed E-state index contributed by atoms with van der Waals surface area (Å²) in [6.07, 6.45) is 10.8. The molecule has 2 heteroatoms. The van der Waals surface area contributed by atoms with Crippen molar-refractivity contribution in [2.45, 2.75) is 26.2 Å². The Bertz CT molecular complexity index is 606. The average Bonchev–Trinajstić information content (AvgIpc) is 2.64. The van der Waals surface area contributed by atoms with E-state index in [2.05, 4.69) is 71.9 Å². The van der Waals surface area contributed by atoms with E-state index in [-0.39, 0.29) is 0 Å². The summed E-state index contributed by atoms with van der Waals surface area (Å²) < 4.78 is 0. The van der Waals surface area contributed by atoms with Crippen LogP contribution in [0.25, 0.3) is 6.08 Å². The Morgan fingerprint density at radius 2 is 1.84 bits per heavy atom. The van der Waals surface area contributed by atoms with E-state index >= 15 is 0 Å². The number of hydrogen-bond donors (Lipinski definition) is 0. The molecule has 2 aliphatic rings. The van der Waals surface area contributed by atoms with Gasteiger partial charge in [-0.3, -0.25) is 9.80 Å². The Morgan fingerprint density at radius 1 is 1.12 bits per heavy atom. The van der Waals surface area contributed by atoms with Crippen molar-refractivity contribution in [3.8, 4) is 0 Å². The van der Waals surface area contributed by atoms with Crippen LogP contribution in [0.4, 0.5) is 0 Å². The van der Waals surface area contributed by atoms with E-state index in [9.17, 15) is 0 Å². The first-order valence-electron chi connectivity index (χ1n) is 9.70. The van der Waals surface area contributed by atoms with Crippen LogP contribution in [0, 0.1) is 5.92 Å². The van der Waals surface area contributed by atoms with Gasteiger partial charge in [-0.05, 0) is 37.7 Å². The lowest BCUT2D eigenvalue weighted by atomic mass is 9.85. The highest BCUT2D eigenvalue weighted by molar-refractivity contribution is 5.48. The minimum atomic E-state index is 0.719. The first-order chi connectivity index (χ1) is 12.2. The number of allylic oxidation sites excluding steroid dienone is 2. The molecule has 0 N–H and O–H groups in total. The van der Waals surface area contributed by atoms with E-state index in [0.717, 1.165) is 12.5 Å². The largest absolute Gasteiger partial charge is 0.297 e. The van der Waals surface area contributed by atoms with Crippen molar-refractivity contribution < 1.29 is 0 Å². The standard InChI is InChI=1S/C23H32N2/c1-20(2)23-12-10-22(11-13-23)19-25-17-15-24(16-18-25)14-6-9-21-7-4-3-5-8-21/h3-10,23H,1,11-19H2,2H3/b9-6+/t23-/m0/s1. The number of nitrogens with zero attached hydrogens (tertiary/aromatic N) is 2. The highest BCUT2D eigenvalue weighted by Gasteiger charge is 2.19. The van der Waals surface area contributed by atoms with Crippen molar-refractivity contribution in [3.05, 3.63) is 65.8 Å². The molecule has 0 radical (unpaired) electrons. The zero-order valence-corrected chi connectivity index (χ0v) is 15.7. The first-order valence-corrected chi connectivity index (χ1v) is 9.70. The minimum absolute atomic E-state index is 0.719. The van der Waals surface area contributed by atoms with Crippen LogP contribution in [0.15, 0.2) is 60.2 Å². The molecular formula is C23H32N2. The molecule has 1 aliphatic heterocycles. The SMILES string of the molecule is C=C(C)[C@H]1CC=C(CN2CCN(C/C=C/c3ccccc3)CC2)CC1. The Balaban J connectivity index is 1.37. The summed E-state index contributed by atoms with van der Waals surface area (Å²) in [7, 11) is 0. The van der Waals surface area contributed by atoms with Gasteiger partial charge < -0.3 is 0 Å². The second-order valence-corrected chi connectivity index (χ2v) is 7.57. The van der Waals surface area contributed by atoms with Crippen molar-refractivity contribution in [1.29, 1.82) is 0 Å². The highest BCUT2D eigenvalue weighted by Crippen LogP contribution is 2.28. The number of piperazine rings is 1. The molecule has 3 rings (SSSR count). The quantitative estimate of drug-likeness (QED) is 0.699. The highest BCUT2D eigenvalue weighted by atomic mass is 15.3. The van der Waals surface area contributed by atoms with Gasteiger partial charge in [-0.15, -0.1) is 0 Å². The normalized spacial score (nSPS) is 22.9. The van der Waals surface area contributed by atoms with Gasteiger partial charge in [0.15, 0.2) is 0 Å². The summed E-state index contributed by atoms with van der Waals surface area (Å²) in [5.74, 6) is 0.719. The number of rotatable bonds is 6. The van der Waals surface area contributed by atoms with Gasteiger partial charge >= 0.3 is 0 Å². The van der Waals surface area contributed by atoms with Gasteiger partial charge in [-0.25, -0.2) is 0 Å². The third-order valence-corrected chi connectivity index (χ3v) is 5.57. The van der Waals surface area contributed by atoms with Crippen LogP contribution >= 0.6 is 0 Å². The van der Waals surface area contributed by atoms with Gasteiger partial charge in [0.2, 0.25) is 0 Å². The topological polar surface area (TPSA) is 6.48 Å². The molecule has 0 unspecified atom stereocenters. The predicted octanol–water partition coefficient (Wildman–Crippen LogP) is 4.62. The Morgan fingerprint density at radius 3 is 2.48 bits per heavy atom. The molecule has 25 heavy (non-hydrogen) atoms. The molecule has 1 aliphatic carbocycles. The molecule has 1 aromatic rings. The van der Waals surface area contributed by atoms with E-state index in [4.69, 9.17) is 0 Å². The van der Waals surface area contributed by atoms with Crippen molar-refractivity contribution in [2.75, 3.05) is 39.3 Å². The lowest BCUT2D eigenvalue weighted by Gasteiger charge is -2.35. The molecule has 1 fully saturated rings. The fourth-order valence-electron chi connectivity index (χ4n) is 3.80. The second kappa shape index (κ2) is 9.17. The summed E-state index contributed by atoms with van der Waals surface area (Å²) in [6.45, 7) is 13.3. The van der Waals surface area contributed by atoms with Crippen LogP contribution in [0.5, 0.6) is 0 Å². The summed E-state index contributed by atoms with van der Waals surface area (Å²) in [6, 6.07) is 10.6. The van der Waals surface area contributed by atoms with Crippen LogP contribution < -0.4 is 0 Å². The van der Waals surface area contributed by atoms with Crippen molar-refractivity contribution in [1.82, 2.24) is 9.80 Å². The summed E-state index contributed by atoms with van der Waals surface area (Å²) >= 11 is 0. The predicted molar refractivity (Wildman–Crippen MR) is 109 cm³/mol. The Kier molecular flexibility index (Phi) is 6.66. The van der Waals surface area contributed by atoms with Gasteiger partial charge in [0.1, 0.15) is 0 Å². The van der Waals surface area contributed by atoms with Crippen LogP contribution in [-0.2, 0) is 0 Å². The van der Waals surface area contributed by atoms with E-state index in [1.54, 1.807) is 5.57 Å². The third-order valence-electron chi connectivity index (χ3n) is 5.57. The van der Waals surface area contributed by atoms with Crippen LogP contribution in [-0.4, -0.2) is 49.1 Å². The maximum atomic E-state index is 4.12. The molecule has 1 heterocycles. The van der Waals surface area contributed by atoms with E-state index < -0.39 is 0 Å². The van der Waals surface area contributed by atoms with Crippen LogP contribution in [0.1, 0.15) is 31.7 Å². The maximum absolute atomic E-state index is 4.12. The van der Waals surface area contributed by atoms with Gasteiger partial charge in [0.05, 0.1) is 0 Å². The van der Waals surface area contributed by atoms with Crippen LogP contribution in [0.2, 0.25) is 0 Å². The number of hydrogen-bond acceptors (Lipinski definition) is 2. The molecule has 0 spiro atoms. The van der Waals surface area contributed by atoms with Gasteiger partial charge in [-0.2, -0.15) is 0 Å². The molecule has 2 nitrogen and oxygen atoms in total. The van der Waals surface area contributed by atoms with Crippen molar-refractivity contribution >= 4 is 6.08 Å².